The van der Waals surface area contributed by atoms with E-state index in [0.717, 1.165) is 12.1 Å². The highest BCUT2D eigenvalue weighted by molar-refractivity contribution is 7.92. The third-order valence-corrected chi connectivity index (χ3v) is 5.22. The van der Waals surface area contributed by atoms with Crippen molar-refractivity contribution >= 4 is 27.1 Å². The lowest BCUT2D eigenvalue weighted by Crippen LogP contribution is -2.08. The Bertz CT molecular complexity index is 594. The molecule has 0 saturated heterocycles. The van der Waals surface area contributed by atoms with Crippen LogP contribution in [0.1, 0.15) is 12.8 Å². The van der Waals surface area contributed by atoms with Crippen molar-refractivity contribution in [1.29, 1.82) is 0 Å². The van der Waals surface area contributed by atoms with E-state index in [1.165, 1.54) is 0 Å². The van der Waals surface area contributed by atoms with Crippen LogP contribution in [0.15, 0.2) is 17.0 Å². The number of hydrogen-bond acceptors (Lipinski definition) is 5. The highest BCUT2D eigenvalue weighted by Gasteiger charge is 2.39. The molecule has 1 fully saturated rings. The third kappa shape index (κ3) is 2.07. The van der Waals surface area contributed by atoms with E-state index in [1.54, 1.807) is 0 Å². The average Bonchev–Trinajstić information content (AvgIpc) is 3.03. The molecule has 1 aliphatic rings. The molecule has 17 heavy (non-hydrogen) atoms. The van der Waals surface area contributed by atoms with Gasteiger partial charge in [-0.05, 0) is 12.8 Å². The number of sulfone groups is 1. The summed E-state index contributed by atoms with van der Waals surface area (Å²) < 4.78 is 23.8. The maximum atomic E-state index is 11.9. The first kappa shape index (κ1) is 12.1. The van der Waals surface area contributed by atoms with Crippen LogP contribution in [0, 0.1) is 10.1 Å². The van der Waals surface area contributed by atoms with Gasteiger partial charge in [0.1, 0.15) is 0 Å². The van der Waals surface area contributed by atoms with Crippen LogP contribution in [0.4, 0.5) is 5.69 Å². The molecule has 92 valence electrons. The summed E-state index contributed by atoms with van der Waals surface area (Å²) in [6, 6.07) is 1.69. The molecule has 1 aromatic carbocycles. The van der Waals surface area contributed by atoms with E-state index < -0.39 is 31.4 Å². The Morgan fingerprint density at radius 3 is 2.47 bits per heavy atom. The molecule has 0 aromatic heterocycles. The maximum absolute atomic E-state index is 11.9. The fraction of sp³-hybridized carbons (Fsp3) is 0.333. The summed E-state index contributed by atoms with van der Waals surface area (Å²) >= 11 is 5.71. The molecule has 8 heteroatoms. The van der Waals surface area contributed by atoms with Gasteiger partial charge >= 0.3 is 5.69 Å². The Hall–Kier alpha value is -1.34. The van der Waals surface area contributed by atoms with Crippen LogP contribution < -0.4 is 0 Å². The van der Waals surface area contributed by atoms with Gasteiger partial charge in [0.2, 0.25) is 0 Å². The van der Waals surface area contributed by atoms with Crippen LogP contribution in [-0.2, 0) is 9.84 Å². The first-order valence-electron chi connectivity index (χ1n) is 4.75. The molecular formula is C9H8ClNO5S. The summed E-state index contributed by atoms with van der Waals surface area (Å²) in [4.78, 5) is 9.45. The van der Waals surface area contributed by atoms with Crippen molar-refractivity contribution in [3.05, 3.63) is 27.3 Å². The molecule has 0 bridgehead atoms. The molecule has 1 aliphatic carbocycles. The molecule has 1 aromatic rings. The van der Waals surface area contributed by atoms with E-state index >= 15 is 0 Å². The lowest BCUT2D eigenvalue weighted by Gasteiger charge is -2.06. The van der Waals surface area contributed by atoms with Crippen molar-refractivity contribution in [3.63, 3.8) is 0 Å². The Morgan fingerprint density at radius 1 is 1.41 bits per heavy atom. The minimum atomic E-state index is -3.58. The van der Waals surface area contributed by atoms with Gasteiger partial charge in [-0.15, -0.1) is 0 Å². The minimum absolute atomic E-state index is 0.235. The number of rotatable bonds is 3. The van der Waals surface area contributed by atoms with Crippen molar-refractivity contribution in [1.82, 2.24) is 0 Å². The standard InChI is InChI=1S/C9H8ClNO5S/c10-6-3-7(11(13)14)8(12)4-9(6)17(15,16)5-1-2-5/h3-5,12H,1-2H2. The molecule has 0 atom stereocenters. The Kier molecular flexibility index (Phi) is 2.75. The molecule has 1 N–H and O–H groups in total. The fourth-order valence-electron chi connectivity index (χ4n) is 1.45. The molecule has 1 saturated carbocycles. The summed E-state index contributed by atoms with van der Waals surface area (Å²) in [5.74, 6) is -0.696. The van der Waals surface area contributed by atoms with Gasteiger partial charge in [-0.1, -0.05) is 11.6 Å². The van der Waals surface area contributed by atoms with E-state index in [9.17, 15) is 23.6 Å². The van der Waals surface area contributed by atoms with Crippen LogP contribution in [0.25, 0.3) is 0 Å². The van der Waals surface area contributed by atoms with E-state index in [4.69, 9.17) is 11.6 Å². The van der Waals surface area contributed by atoms with Gasteiger partial charge in [0.25, 0.3) is 0 Å². The fourth-order valence-corrected chi connectivity index (χ4v) is 3.66. The van der Waals surface area contributed by atoms with Gasteiger partial charge in [-0.2, -0.15) is 0 Å². The Labute approximate surface area is 102 Å². The molecule has 0 unspecified atom stereocenters. The predicted molar refractivity (Wildman–Crippen MR) is 60.0 cm³/mol. The van der Waals surface area contributed by atoms with Crippen molar-refractivity contribution < 1.29 is 18.4 Å². The second kappa shape index (κ2) is 3.85. The molecule has 0 heterocycles. The Balaban J connectivity index is 2.58. The summed E-state index contributed by atoms with van der Waals surface area (Å²) in [7, 11) is -3.58. The number of phenols is 1. The lowest BCUT2D eigenvalue weighted by molar-refractivity contribution is -0.385. The van der Waals surface area contributed by atoms with Crippen LogP contribution in [-0.4, -0.2) is 23.7 Å². The normalized spacial score (nSPS) is 15.8. The van der Waals surface area contributed by atoms with Crippen LogP contribution in [0.5, 0.6) is 5.75 Å². The topological polar surface area (TPSA) is 97.5 Å². The van der Waals surface area contributed by atoms with E-state index in [2.05, 4.69) is 0 Å². The van der Waals surface area contributed by atoms with E-state index in [1.807, 2.05) is 0 Å². The van der Waals surface area contributed by atoms with Gasteiger partial charge in [0, 0.05) is 12.1 Å². The van der Waals surface area contributed by atoms with Crippen molar-refractivity contribution in [3.8, 4) is 5.75 Å². The number of nitro groups is 1. The van der Waals surface area contributed by atoms with Gasteiger partial charge in [-0.25, -0.2) is 8.42 Å². The summed E-state index contributed by atoms with van der Waals surface area (Å²) in [5, 5.41) is 19.2. The van der Waals surface area contributed by atoms with Gasteiger partial charge in [0.15, 0.2) is 15.6 Å². The zero-order valence-electron chi connectivity index (χ0n) is 8.46. The number of phenolic OH excluding ortho intramolecular Hbond substituents is 1. The average molecular weight is 278 g/mol. The summed E-state index contributed by atoms with van der Waals surface area (Å²) in [6.07, 6.45) is 1.10. The number of nitro benzene ring substituents is 1. The maximum Gasteiger partial charge on any atom is 0.312 e. The molecular weight excluding hydrogens is 270 g/mol. The zero-order valence-corrected chi connectivity index (χ0v) is 10.0. The van der Waals surface area contributed by atoms with Crippen LogP contribution >= 0.6 is 11.6 Å². The first-order chi connectivity index (χ1) is 7.84. The molecule has 0 amide bonds. The van der Waals surface area contributed by atoms with Crippen LogP contribution in [0.3, 0.4) is 0 Å². The number of halogens is 1. The minimum Gasteiger partial charge on any atom is -0.502 e. The monoisotopic (exact) mass is 277 g/mol. The zero-order chi connectivity index (χ0) is 12.8. The molecule has 6 nitrogen and oxygen atoms in total. The van der Waals surface area contributed by atoms with Crippen molar-refractivity contribution in [2.75, 3.05) is 0 Å². The summed E-state index contributed by atoms with van der Waals surface area (Å²) in [6.45, 7) is 0. The van der Waals surface area contributed by atoms with E-state index in [-0.39, 0.29) is 9.92 Å². The third-order valence-electron chi connectivity index (χ3n) is 2.50. The van der Waals surface area contributed by atoms with Gasteiger partial charge in [-0.3, -0.25) is 10.1 Å². The number of nitrogens with zero attached hydrogens (tertiary/aromatic N) is 1. The summed E-state index contributed by atoms with van der Waals surface area (Å²) in [5.41, 5.74) is -0.607. The molecule has 0 aliphatic heterocycles. The molecule has 0 radical (unpaired) electrons. The second-order valence-electron chi connectivity index (χ2n) is 3.77. The van der Waals surface area contributed by atoms with Gasteiger partial charge in [0.05, 0.1) is 20.1 Å². The highest BCUT2D eigenvalue weighted by atomic mass is 35.5. The van der Waals surface area contributed by atoms with Crippen LogP contribution in [0.2, 0.25) is 5.02 Å². The smallest absolute Gasteiger partial charge is 0.312 e. The number of benzene rings is 1. The lowest BCUT2D eigenvalue weighted by atomic mass is 10.3. The number of aromatic hydroxyl groups is 1. The molecule has 2 rings (SSSR count). The van der Waals surface area contributed by atoms with Crippen molar-refractivity contribution in [2.24, 2.45) is 0 Å². The Morgan fingerprint density at radius 2 is 2.00 bits per heavy atom. The number of hydrogen-bond donors (Lipinski definition) is 1. The molecule has 0 spiro atoms. The van der Waals surface area contributed by atoms with E-state index in [0.29, 0.717) is 12.8 Å². The SMILES string of the molecule is O=[N+]([O-])c1cc(Cl)c(S(=O)(=O)C2CC2)cc1O. The van der Waals surface area contributed by atoms with Crippen molar-refractivity contribution in [2.45, 2.75) is 23.0 Å². The second-order valence-corrected chi connectivity index (χ2v) is 6.38. The van der Waals surface area contributed by atoms with Gasteiger partial charge < -0.3 is 5.11 Å². The quantitative estimate of drug-likeness (QED) is 0.672. The first-order valence-corrected chi connectivity index (χ1v) is 6.67. The predicted octanol–water partition coefficient (Wildman–Crippen LogP) is 1.89. The highest BCUT2D eigenvalue weighted by Crippen LogP contribution is 2.40. The largest absolute Gasteiger partial charge is 0.502 e.